The number of hydrogen-bond donors (Lipinski definition) is 3. The van der Waals surface area contributed by atoms with Crippen LogP contribution in [0.4, 0.5) is 21.2 Å². The summed E-state index contributed by atoms with van der Waals surface area (Å²) in [6, 6.07) is 19.6. The topological polar surface area (TPSA) is 105 Å². The van der Waals surface area contributed by atoms with E-state index in [-0.39, 0.29) is 31.4 Å². The van der Waals surface area contributed by atoms with Crippen molar-refractivity contribution in [1.29, 1.82) is 0 Å². The molecule has 5 rings (SSSR count). The first-order chi connectivity index (χ1) is 19.0. The average molecular weight is 627 g/mol. The quantitative estimate of drug-likeness (QED) is 0.170. The minimum Gasteiger partial charge on any atom is -0.399 e. The monoisotopic (exact) mass is 625 g/mol. The maximum Gasteiger partial charge on any atom is 0.264 e. The molecule has 2 amide bonds. The third kappa shape index (κ3) is 4.98. The Morgan fingerprint density at radius 3 is 2.58 bits per heavy atom. The van der Waals surface area contributed by atoms with Crippen molar-refractivity contribution >= 4 is 53.2 Å². The van der Waals surface area contributed by atoms with Gasteiger partial charge < -0.3 is 29.9 Å². The molecule has 3 aromatic rings. The van der Waals surface area contributed by atoms with Gasteiger partial charge in [0.15, 0.2) is 5.60 Å². The van der Waals surface area contributed by atoms with Crippen LogP contribution in [0.5, 0.6) is 0 Å². The molecule has 1 saturated heterocycles. The number of carbonyl (C=O) groups excluding carboxylic acids is 2. The van der Waals surface area contributed by atoms with Gasteiger partial charge in [-0.05, 0) is 79.7 Å². The van der Waals surface area contributed by atoms with Crippen molar-refractivity contribution in [1.82, 2.24) is 0 Å². The van der Waals surface area contributed by atoms with Crippen LogP contribution in [0.1, 0.15) is 34.8 Å². The predicted molar refractivity (Wildman–Crippen MR) is 160 cm³/mol. The van der Waals surface area contributed by atoms with Gasteiger partial charge in [-0.3, -0.25) is 9.59 Å². The average Bonchev–Trinajstić information content (AvgIpc) is 3.31. The maximum atomic E-state index is 15.7. The van der Waals surface area contributed by atoms with Crippen LogP contribution in [-0.2, 0) is 21.7 Å². The number of aliphatic hydroxyl groups is 1. The second kappa shape index (κ2) is 10.7. The lowest BCUT2D eigenvalue weighted by Crippen LogP contribution is -2.45. The standard InChI is InChI=1S/C30H33BrFN3O4Si/c1-18-27(40(2,3)32)26(13-14-36)39-30(18)24-16-21(31)9-12-25(24)35(29(30)38)17-19-5-4-6-23(15-19)34-28(37)20-7-10-22(33)11-8-20/h4-12,15-16,18,26-27,36H,13-14,17,33H2,1-3H3,(H,34,37)/t18-,26+,27-,30+/m1/s1. The molecule has 0 aromatic heterocycles. The number of anilines is 3. The number of ether oxygens (including phenoxy) is 1. The number of nitrogens with two attached hydrogens (primary N) is 1. The smallest absolute Gasteiger partial charge is 0.264 e. The van der Waals surface area contributed by atoms with Gasteiger partial charge in [0.1, 0.15) is 0 Å². The Bertz CT molecular complexity index is 1450. The van der Waals surface area contributed by atoms with Crippen molar-refractivity contribution < 1.29 is 23.5 Å². The normalized spacial score (nSPS) is 24.0. The van der Waals surface area contributed by atoms with Gasteiger partial charge in [-0.15, -0.1) is 0 Å². The highest BCUT2D eigenvalue weighted by molar-refractivity contribution is 9.10. The number of halogens is 2. The molecule has 2 heterocycles. The lowest BCUT2D eigenvalue weighted by Gasteiger charge is -2.31. The van der Waals surface area contributed by atoms with E-state index >= 15 is 4.11 Å². The van der Waals surface area contributed by atoms with E-state index in [9.17, 15) is 14.7 Å². The van der Waals surface area contributed by atoms with Gasteiger partial charge in [0.2, 0.25) is 8.41 Å². The first-order valence-electron chi connectivity index (χ1n) is 13.3. The minimum atomic E-state index is -3.26. The Morgan fingerprint density at radius 2 is 1.90 bits per heavy atom. The van der Waals surface area contributed by atoms with E-state index in [4.69, 9.17) is 10.5 Å². The molecule has 3 aromatic carbocycles. The fourth-order valence-electron chi connectivity index (χ4n) is 6.34. The Hall–Kier alpha value is -3.05. The summed E-state index contributed by atoms with van der Waals surface area (Å²) in [5, 5.41) is 12.6. The summed E-state index contributed by atoms with van der Waals surface area (Å²) < 4.78 is 23.0. The van der Waals surface area contributed by atoms with Crippen LogP contribution in [0, 0.1) is 5.92 Å². The van der Waals surface area contributed by atoms with Gasteiger partial charge in [-0.2, -0.15) is 0 Å². The molecule has 4 N–H and O–H groups in total. The highest BCUT2D eigenvalue weighted by Crippen LogP contribution is 2.60. The first-order valence-corrected chi connectivity index (χ1v) is 17.1. The second-order valence-corrected chi connectivity index (χ2v) is 15.8. The largest absolute Gasteiger partial charge is 0.399 e. The Morgan fingerprint density at radius 1 is 1.18 bits per heavy atom. The van der Waals surface area contributed by atoms with Crippen LogP contribution < -0.4 is 16.0 Å². The Kier molecular flexibility index (Phi) is 7.64. The van der Waals surface area contributed by atoms with Crippen molar-refractivity contribution in [3.8, 4) is 0 Å². The van der Waals surface area contributed by atoms with E-state index in [1.807, 2.05) is 43.3 Å². The molecule has 1 fully saturated rings. The van der Waals surface area contributed by atoms with Gasteiger partial charge in [0.25, 0.3) is 11.8 Å². The van der Waals surface area contributed by atoms with Gasteiger partial charge >= 0.3 is 0 Å². The van der Waals surface area contributed by atoms with Crippen LogP contribution in [0.2, 0.25) is 18.6 Å². The molecule has 0 bridgehead atoms. The number of aliphatic hydroxyl groups excluding tert-OH is 1. The highest BCUT2D eigenvalue weighted by Gasteiger charge is 2.66. The number of nitrogens with one attached hydrogen (secondary N) is 1. The molecule has 40 heavy (non-hydrogen) atoms. The number of rotatable bonds is 7. The number of carbonyl (C=O) groups is 2. The molecule has 0 aliphatic carbocycles. The van der Waals surface area contributed by atoms with Crippen molar-refractivity contribution in [2.75, 3.05) is 22.6 Å². The van der Waals surface area contributed by atoms with Crippen molar-refractivity contribution in [2.24, 2.45) is 5.92 Å². The van der Waals surface area contributed by atoms with E-state index in [0.717, 1.165) is 10.0 Å². The fraction of sp³-hybridized carbons (Fsp3) is 0.333. The van der Waals surface area contributed by atoms with E-state index in [0.29, 0.717) is 28.2 Å². The molecule has 7 nitrogen and oxygen atoms in total. The maximum absolute atomic E-state index is 15.7. The lowest BCUT2D eigenvalue weighted by molar-refractivity contribution is -0.146. The molecule has 0 unspecified atom stereocenters. The summed E-state index contributed by atoms with van der Waals surface area (Å²) in [6.45, 7) is 5.28. The predicted octanol–water partition coefficient (Wildman–Crippen LogP) is 5.99. The zero-order valence-electron chi connectivity index (χ0n) is 22.7. The third-order valence-corrected chi connectivity index (χ3v) is 11.0. The van der Waals surface area contributed by atoms with Gasteiger partial charge in [0, 0.05) is 45.0 Å². The zero-order valence-corrected chi connectivity index (χ0v) is 25.2. The summed E-state index contributed by atoms with van der Waals surface area (Å²) in [5.41, 5.74) is 7.80. The Balaban J connectivity index is 1.47. The van der Waals surface area contributed by atoms with Crippen LogP contribution in [0.25, 0.3) is 0 Å². The first kappa shape index (κ1) is 28.5. The minimum absolute atomic E-state index is 0.146. The molecule has 2 aliphatic rings. The molecular formula is C30H33BrFN3O4Si. The van der Waals surface area contributed by atoms with E-state index < -0.39 is 31.6 Å². The molecule has 0 radical (unpaired) electrons. The number of nitrogens with zero attached hydrogens (tertiary/aromatic N) is 1. The molecule has 1 spiro atoms. The third-order valence-electron chi connectivity index (χ3n) is 8.03. The fourth-order valence-corrected chi connectivity index (χ4v) is 9.24. The van der Waals surface area contributed by atoms with Crippen LogP contribution in [0.15, 0.2) is 71.2 Å². The number of hydrogen-bond acceptors (Lipinski definition) is 5. The van der Waals surface area contributed by atoms with E-state index in [1.165, 1.54) is 0 Å². The molecule has 210 valence electrons. The van der Waals surface area contributed by atoms with E-state index in [1.54, 1.807) is 48.3 Å². The molecule has 0 saturated carbocycles. The van der Waals surface area contributed by atoms with Crippen molar-refractivity contribution in [3.05, 3.63) is 87.9 Å². The van der Waals surface area contributed by atoms with Crippen LogP contribution in [-0.4, -0.2) is 38.0 Å². The number of fused-ring (bicyclic) bond motifs is 2. The van der Waals surface area contributed by atoms with Crippen LogP contribution in [0.3, 0.4) is 0 Å². The summed E-state index contributed by atoms with van der Waals surface area (Å²) in [6.07, 6.45) is -0.294. The van der Waals surface area contributed by atoms with Gasteiger partial charge in [-0.25, -0.2) is 0 Å². The summed E-state index contributed by atoms with van der Waals surface area (Å²) in [7, 11) is -3.26. The summed E-state index contributed by atoms with van der Waals surface area (Å²) >= 11 is 3.54. The highest BCUT2D eigenvalue weighted by atomic mass is 79.9. The van der Waals surface area contributed by atoms with Gasteiger partial charge in [0.05, 0.1) is 18.3 Å². The molecule has 2 aliphatic heterocycles. The van der Waals surface area contributed by atoms with Crippen molar-refractivity contribution in [3.63, 3.8) is 0 Å². The lowest BCUT2D eigenvalue weighted by atomic mass is 9.82. The van der Waals surface area contributed by atoms with Gasteiger partial charge in [-0.1, -0.05) is 35.0 Å². The van der Waals surface area contributed by atoms with E-state index in [2.05, 4.69) is 21.2 Å². The Labute approximate surface area is 242 Å². The SMILES string of the molecule is C[C@@H]1[C@@H]([Si](C)(C)F)[C@H](CCO)O[C@@]12C(=O)N(Cc1cccc(NC(=O)c3ccc(N)cc3)c1)c1ccc(Br)cc12. The van der Waals surface area contributed by atoms with Crippen LogP contribution >= 0.6 is 15.9 Å². The number of nitrogen functional groups attached to an aromatic ring is 1. The van der Waals surface area contributed by atoms with Crippen molar-refractivity contribution in [2.45, 2.75) is 50.2 Å². The number of amides is 2. The second-order valence-electron chi connectivity index (χ2n) is 11.1. The summed E-state index contributed by atoms with van der Waals surface area (Å²) in [4.78, 5) is 28.8. The number of benzene rings is 3. The molecule has 10 heteroatoms. The zero-order chi connectivity index (χ0) is 28.8. The molecule has 4 atom stereocenters. The molecular weight excluding hydrogens is 593 g/mol. The summed E-state index contributed by atoms with van der Waals surface area (Å²) in [5.74, 6) is -0.935.